The molecule has 4 nitrogen and oxygen atoms in total. The minimum Gasteiger partial charge on any atom is -0.455 e. The fourth-order valence-corrected chi connectivity index (χ4v) is 2.95. The summed E-state index contributed by atoms with van der Waals surface area (Å²) in [7, 11) is 0. The van der Waals surface area contributed by atoms with Crippen molar-refractivity contribution in [3.8, 4) is 11.5 Å². The van der Waals surface area contributed by atoms with Crippen LogP contribution in [-0.4, -0.2) is 11.9 Å². The molecule has 0 aliphatic heterocycles. The molecule has 2 aromatic rings. The molecule has 2 aromatic carbocycles. The predicted molar refractivity (Wildman–Crippen MR) is 98.9 cm³/mol. The summed E-state index contributed by atoms with van der Waals surface area (Å²) in [6.07, 6.45) is 2.53. The van der Waals surface area contributed by atoms with Crippen molar-refractivity contribution in [2.24, 2.45) is 11.7 Å². The number of hydrogen-bond acceptors (Lipinski definition) is 3. The summed E-state index contributed by atoms with van der Waals surface area (Å²) in [5.41, 5.74) is 7.72. The Balaban J connectivity index is 0.00000208. The topological polar surface area (TPSA) is 64.3 Å². The first-order valence-electron chi connectivity index (χ1n) is 8.02. The molecule has 0 saturated heterocycles. The van der Waals surface area contributed by atoms with E-state index in [1.807, 2.05) is 55.5 Å². The second kappa shape index (κ2) is 8.18. The van der Waals surface area contributed by atoms with Crippen LogP contribution in [0.4, 0.5) is 5.69 Å². The van der Waals surface area contributed by atoms with E-state index in [0.29, 0.717) is 11.4 Å². The van der Waals surface area contributed by atoms with Crippen LogP contribution in [0, 0.1) is 12.8 Å². The van der Waals surface area contributed by atoms with Crippen molar-refractivity contribution in [2.45, 2.75) is 32.2 Å². The molecular formula is C19H23ClN2O2. The lowest BCUT2D eigenvalue weighted by Crippen LogP contribution is -2.23. The van der Waals surface area contributed by atoms with Gasteiger partial charge in [0.25, 0.3) is 0 Å². The Morgan fingerprint density at radius 2 is 1.96 bits per heavy atom. The van der Waals surface area contributed by atoms with Crippen LogP contribution in [0.3, 0.4) is 0 Å². The van der Waals surface area contributed by atoms with E-state index in [9.17, 15) is 4.79 Å². The molecule has 1 aliphatic carbocycles. The summed E-state index contributed by atoms with van der Waals surface area (Å²) >= 11 is 0. The molecule has 2 atom stereocenters. The highest BCUT2D eigenvalue weighted by molar-refractivity contribution is 5.94. The van der Waals surface area contributed by atoms with Gasteiger partial charge < -0.3 is 15.8 Å². The fraction of sp³-hybridized carbons (Fsp3) is 0.316. The van der Waals surface area contributed by atoms with Crippen molar-refractivity contribution in [1.29, 1.82) is 0 Å². The molecule has 3 N–H and O–H groups in total. The van der Waals surface area contributed by atoms with Gasteiger partial charge in [-0.15, -0.1) is 12.4 Å². The summed E-state index contributed by atoms with van der Waals surface area (Å²) in [6, 6.07) is 15.5. The average Bonchev–Trinajstić information content (AvgIpc) is 2.96. The number of para-hydroxylation sites is 2. The second-order valence-electron chi connectivity index (χ2n) is 6.17. The summed E-state index contributed by atoms with van der Waals surface area (Å²) < 4.78 is 5.94. The van der Waals surface area contributed by atoms with E-state index in [-0.39, 0.29) is 30.3 Å². The van der Waals surface area contributed by atoms with Gasteiger partial charge in [0, 0.05) is 12.0 Å². The van der Waals surface area contributed by atoms with Gasteiger partial charge in [0.05, 0.1) is 5.69 Å². The van der Waals surface area contributed by atoms with Crippen LogP contribution in [-0.2, 0) is 4.79 Å². The lowest BCUT2D eigenvalue weighted by molar-refractivity contribution is -0.119. The Bertz CT molecular complexity index is 705. The second-order valence-corrected chi connectivity index (χ2v) is 6.17. The number of carbonyl (C=O) groups excluding carboxylic acids is 1. The van der Waals surface area contributed by atoms with Crippen molar-refractivity contribution in [3.05, 3.63) is 54.1 Å². The molecule has 1 amide bonds. The van der Waals surface area contributed by atoms with E-state index in [2.05, 4.69) is 5.32 Å². The van der Waals surface area contributed by atoms with Crippen LogP contribution in [0.1, 0.15) is 24.8 Å². The summed E-state index contributed by atoms with van der Waals surface area (Å²) in [6.45, 7) is 2.02. The third-order valence-electron chi connectivity index (χ3n) is 4.21. The first kappa shape index (κ1) is 18.3. The summed E-state index contributed by atoms with van der Waals surface area (Å²) in [4.78, 5) is 12.4. The third-order valence-corrected chi connectivity index (χ3v) is 4.21. The van der Waals surface area contributed by atoms with E-state index in [0.717, 1.165) is 30.6 Å². The molecule has 0 radical (unpaired) electrons. The number of amides is 1. The normalized spacial score (nSPS) is 19.4. The minimum atomic E-state index is -0.00275. The quantitative estimate of drug-likeness (QED) is 0.868. The van der Waals surface area contributed by atoms with Gasteiger partial charge in [-0.3, -0.25) is 4.79 Å². The van der Waals surface area contributed by atoms with Gasteiger partial charge in [0.1, 0.15) is 5.75 Å². The van der Waals surface area contributed by atoms with Crippen molar-refractivity contribution in [2.75, 3.05) is 5.32 Å². The number of rotatable bonds is 4. The van der Waals surface area contributed by atoms with Gasteiger partial charge in [-0.05, 0) is 56.0 Å². The van der Waals surface area contributed by atoms with Gasteiger partial charge in [-0.1, -0.05) is 24.3 Å². The molecule has 128 valence electrons. The Morgan fingerprint density at radius 1 is 1.17 bits per heavy atom. The highest BCUT2D eigenvalue weighted by Gasteiger charge is 2.28. The largest absolute Gasteiger partial charge is 0.455 e. The molecule has 1 aliphatic rings. The highest BCUT2D eigenvalue weighted by Crippen LogP contribution is 2.31. The minimum absolute atomic E-state index is 0. The molecule has 1 fully saturated rings. The van der Waals surface area contributed by atoms with Crippen LogP contribution >= 0.6 is 12.4 Å². The zero-order valence-electron chi connectivity index (χ0n) is 13.7. The van der Waals surface area contributed by atoms with Crippen LogP contribution in [0.25, 0.3) is 0 Å². The monoisotopic (exact) mass is 346 g/mol. The van der Waals surface area contributed by atoms with Gasteiger partial charge >= 0.3 is 0 Å². The van der Waals surface area contributed by atoms with Gasteiger partial charge in [-0.25, -0.2) is 0 Å². The molecule has 1 saturated carbocycles. The number of aryl methyl sites for hydroxylation is 1. The van der Waals surface area contributed by atoms with Crippen molar-refractivity contribution in [3.63, 3.8) is 0 Å². The van der Waals surface area contributed by atoms with Crippen LogP contribution in [0.5, 0.6) is 11.5 Å². The average molecular weight is 347 g/mol. The van der Waals surface area contributed by atoms with Crippen LogP contribution in [0.15, 0.2) is 48.5 Å². The molecular weight excluding hydrogens is 324 g/mol. The molecule has 0 heterocycles. The Kier molecular flexibility index (Phi) is 6.23. The number of carbonyl (C=O) groups is 1. The van der Waals surface area contributed by atoms with Gasteiger partial charge in [0.2, 0.25) is 5.91 Å². The molecule has 2 unspecified atom stereocenters. The number of benzene rings is 2. The lowest BCUT2D eigenvalue weighted by atomic mass is 10.1. The fourth-order valence-electron chi connectivity index (χ4n) is 2.95. The van der Waals surface area contributed by atoms with E-state index >= 15 is 0 Å². The SMILES string of the molecule is Cc1cccc(Oc2ccccc2NC(=O)C2CCC(N)C2)c1.Cl. The number of nitrogens with one attached hydrogen (secondary N) is 1. The molecule has 3 rings (SSSR count). The summed E-state index contributed by atoms with van der Waals surface area (Å²) in [5.74, 6) is 1.43. The van der Waals surface area contributed by atoms with Crippen molar-refractivity contribution >= 4 is 24.0 Å². The van der Waals surface area contributed by atoms with E-state index in [4.69, 9.17) is 10.5 Å². The smallest absolute Gasteiger partial charge is 0.227 e. The number of anilines is 1. The summed E-state index contributed by atoms with van der Waals surface area (Å²) in [5, 5.41) is 2.99. The lowest BCUT2D eigenvalue weighted by Gasteiger charge is -2.15. The maximum Gasteiger partial charge on any atom is 0.227 e. The standard InChI is InChI=1S/C19H22N2O2.ClH/c1-13-5-4-6-16(11-13)23-18-8-3-2-7-17(18)21-19(22)14-9-10-15(20)12-14;/h2-8,11,14-15H,9-10,12,20H2,1H3,(H,21,22);1H. The molecule has 24 heavy (non-hydrogen) atoms. The van der Waals surface area contributed by atoms with Gasteiger partial charge in [-0.2, -0.15) is 0 Å². The van der Waals surface area contributed by atoms with Gasteiger partial charge in [0.15, 0.2) is 5.75 Å². The molecule has 0 bridgehead atoms. The van der Waals surface area contributed by atoms with E-state index < -0.39 is 0 Å². The van der Waals surface area contributed by atoms with E-state index in [1.54, 1.807) is 0 Å². The number of halogens is 1. The maximum atomic E-state index is 12.4. The molecule has 0 aromatic heterocycles. The van der Waals surface area contributed by atoms with Crippen molar-refractivity contribution < 1.29 is 9.53 Å². The zero-order chi connectivity index (χ0) is 16.2. The number of ether oxygens (including phenoxy) is 1. The molecule has 0 spiro atoms. The van der Waals surface area contributed by atoms with Crippen molar-refractivity contribution in [1.82, 2.24) is 0 Å². The first-order chi connectivity index (χ1) is 11.1. The first-order valence-corrected chi connectivity index (χ1v) is 8.02. The Hall–Kier alpha value is -2.04. The highest BCUT2D eigenvalue weighted by atomic mass is 35.5. The predicted octanol–water partition coefficient (Wildman–Crippen LogP) is 4.28. The van der Waals surface area contributed by atoms with Crippen LogP contribution in [0.2, 0.25) is 0 Å². The van der Waals surface area contributed by atoms with Crippen LogP contribution < -0.4 is 15.8 Å². The van der Waals surface area contributed by atoms with E-state index in [1.165, 1.54) is 0 Å². The number of nitrogens with two attached hydrogens (primary N) is 1. The zero-order valence-corrected chi connectivity index (χ0v) is 14.5. The maximum absolute atomic E-state index is 12.4. The molecule has 5 heteroatoms. The Morgan fingerprint density at radius 3 is 2.67 bits per heavy atom. The third kappa shape index (κ3) is 4.49. The Labute approximate surface area is 148 Å². The number of hydrogen-bond donors (Lipinski definition) is 2.